The number of anilines is 1. The molecule has 1 aromatic carbocycles. The van der Waals surface area contributed by atoms with Gasteiger partial charge in [-0.2, -0.15) is 5.10 Å². The zero-order valence-corrected chi connectivity index (χ0v) is 10.3. The van der Waals surface area contributed by atoms with Crippen molar-refractivity contribution in [2.75, 3.05) is 11.9 Å². The number of benzene rings is 1. The molecule has 18 heavy (non-hydrogen) atoms. The summed E-state index contributed by atoms with van der Waals surface area (Å²) in [5.74, 6) is 0. The van der Waals surface area contributed by atoms with Gasteiger partial charge in [0.15, 0.2) is 0 Å². The summed E-state index contributed by atoms with van der Waals surface area (Å²) in [6.07, 6.45) is 3.45. The fraction of sp³-hybridized carbons (Fsp3) is 0.231. The maximum absolute atomic E-state index is 11.5. The van der Waals surface area contributed by atoms with Crippen LogP contribution in [0.4, 0.5) is 10.5 Å². The van der Waals surface area contributed by atoms with E-state index in [1.54, 1.807) is 6.08 Å². The van der Waals surface area contributed by atoms with E-state index in [1.807, 2.05) is 36.0 Å². The summed E-state index contributed by atoms with van der Waals surface area (Å²) in [5.41, 5.74) is 1.76. The molecule has 2 aromatic rings. The number of nitrogens with zero attached hydrogens (tertiary/aromatic N) is 2. The van der Waals surface area contributed by atoms with Crippen LogP contribution in [0.15, 0.2) is 37.1 Å². The topological polar surface area (TPSA) is 59.0 Å². The lowest BCUT2D eigenvalue weighted by Gasteiger charge is -2.06. The van der Waals surface area contributed by atoms with Gasteiger partial charge in [-0.3, -0.25) is 4.68 Å². The van der Waals surface area contributed by atoms with Crippen LogP contribution in [0.5, 0.6) is 0 Å². The van der Waals surface area contributed by atoms with Crippen LogP contribution in [0.2, 0.25) is 0 Å². The Balaban J connectivity index is 2.18. The Labute approximate surface area is 105 Å². The third kappa shape index (κ3) is 2.51. The largest absolute Gasteiger partial charge is 0.334 e. The fourth-order valence-corrected chi connectivity index (χ4v) is 1.74. The van der Waals surface area contributed by atoms with E-state index >= 15 is 0 Å². The Morgan fingerprint density at radius 3 is 3.11 bits per heavy atom. The van der Waals surface area contributed by atoms with E-state index in [0.717, 1.165) is 23.1 Å². The van der Waals surface area contributed by atoms with Crippen LogP contribution in [-0.2, 0) is 6.54 Å². The van der Waals surface area contributed by atoms with Gasteiger partial charge in [-0.25, -0.2) is 4.79 Å². The molecule has 1 heterocycles. The molecular formula is C13H16N4O. The summed E-state index contributed by atoms with van der Waals surface area (Å²) < 4.78 is 1.89. The van der Waals surface area contributed by atoms with Gasteiger partial charge >= 0.3 is 6.03 Å². The monoisotopic (exact) mass is 244 g/mol. The number of urea groups is 1. The minimum absolute atomic E-state index is 0.239. The number of fused-ring (bicyclic) bond motifs is 1. The highest BCUT2D eigenvalue weighted by Crippen LogP contribution is 2.18. The second kappa shape index (κ2) is 5.35. The molecular weight excluding hydrogens is 228 g/mol. The Hall–Kier alpha value is -2.30. The zero-order chi connectivity index (χ0) is 13.0. The number of amides is 2. The standard InChI is InChI=1S/C13H16N4O/c1-3-7-14-13(18)16-11-6-5-10-9-15-17(4-2)12(10)8-11/h3,5-6,8-9H,1,4,7H2,2H3,(H2,14,16,18). The lowest BCUT2D eigenvalue weighted by atomic mass is 10.2. The molecule has 0 saturated carbocycles. The van der Waals surface area contributed by atoms with Crippen LogP contribution >= 0.6 is 0 Å². The van der Waals surface area contributed by atoms with Gasteiger partial charge in [0.2, 0.25) is 0 Å². The number of hydrogen-bond acceptors (Lipinski definition) is 2. The second-order valence-corrected chi connectivity index (χ2v) is 3.86. The van der Waals surface area contributed by atoms with Crippen molar-refractivity contribution in [3.63, 3.8) is 0 Å². The number of aryl methyl sites for hydroxylation is 1. The molecule has 2 N–H and O–H groups in total. The minimum atomic E-state index is -0.239. The van der Waals surface area contributed by atoms with Crippen LogP contribution in [0.1, 0.15) is 6.92 Å². The van der Waals surface area contributed by atoms with Crippen molar-refractivity contribution in [1.82, 2.24) is 15.1 Å². The quantitative estimate of drug-likeness (QED) is 0.811. The fourth-order valence-electron chi connectivity index (χ4n) is 1.74. The zero-order valence-electron chi connectivity index (χ0n) is 10.3. The average molecular weight is 244 g/mol. The van der Waals surface area contributed by atoms with Crippen LogP contribution in [0.3, 0.4) is 0 Å². The van der Waals surface area contributed by atoms with Crippen molar-refractivity contribution >= 4 is 22.6 Å². The molecule has 0 aliphatic rings. The van der Waals surface area contributed by atoms with Gasteiger partial charge in [-0.1, -0.05) is 6.08 Å². The lowest BCUT2D eigenvalue weighted by Crippen LogP contribution is -2.28. The molecule has 0 spiro atoms. The molecule has 0 bridgehead atoms. The van der Waals surface area contributed by atoms with Crippen LogP contribution in [0.25, 0.3) is 10.9 Å². The SMILES string of the molecule is C=CCNC(=O)Nc1ccc2cnn(CC)c2c1. The predicted molar refractivity (Wildman–Crippen MR) is 72.6 cm³/mol. The molecule has 94 valence electrons. The van der Waals surface area contributed by atoms with Crippen molar-refractivity contribution < 1.29 is 4.79 Å². The number of hydrogen-bond donors (Lipinski definition) is 2. The number of carbonyl (C=O) groups is 1. The first-order valence-electron chi connectivity index (χ1n) is 5.86. The van der Waals surface area contributed by atoms with Crippen molar-refractivity contribution in [3.05, 3.63) is 37.1 Å². The number of aromatic nitrogens is 2. The first-order chi connectivity index (χ1) is 8.74. The van der Waals surface area contributed by atoms with Crippen molar-refractivity contribution in [3.8, 4) is 0 Å². The first kappa shape index (κ1) is 12.2. The normalized spacial score (nSPS) is 10.3. The lowest BCUT2D eigenvalue weighted by molar-refractivity contribution is 0.253. The molecule has 0 atom stereocenters. The predicted octanol–water partition coefficient (Wildman–Crippen LogP) is 2.36. The van der Waals surface area contributed by atoms with E-state index in [2.05, 4.69) is 22.3 Å². The summed E-state index contributed by atoms with van der Waals surface area (Å²) >= 11 is 0. The molecule has 1 aromatic heterocycles. The third-order valence-corrected chi connectivity index (χ3v) is 2.61. The van der Waals surface area contributed by atoms with E-state index in [9.17, 15) is 4.79 Å². The minimum Gasteiger partial charge on any atom is -0.334 e. The summed E-state index contributed by atoms with van der Waals surface area (Å²) in [4.78, 5) is 11.5. The van der Waals surface area contributed by atoms with Gasteiger partial charge < -0.3 is 10.6 Å². The van der Waals surface area contributed by atoms with E-state index in [-0.39, 0.29) is 6.03 Å². The van der Waals surface area contributed by atoms with E-state index < -0.39 is 0 Å². The molecule has 2 amide bonds. The Kier molecular flexibility index (Phi) is 3.62. The van der Waals surface area contributed by atoms with E-state index in [4.69, 9.17) is 0 Å². The van der Waals surface area contributed by atoms with E-state index in [1.165, 1.54) is 0 Å². The maximum atomic E-state index is 11.5. The average Bonchev–Trinajstić information content (AvgIpc) is 2.78. The smallest absolute Gasteiger partial charge is 0.319 e. The van der Waals surface area contributed by atoms with Gasteiger partial charge in [-0.05, 0) is 25.1 Å². The first-order valence-corrected chi connectivity index (χ1v) is 5.86. The van der Waals surface area contributed by atoms with E-state index in [0.29, 0.717) is 6.54 Å². The van der Waals surface area contributed by atoms with Gasteiger partial charge in [0, 0.05) is 24.2 Å². The Morgan fingerprint density at radius 2 is 2.39 bits per heavy atom. The van der Waals surface area contributed by atoms with Crippen molar-refractivity contribution in [2.24, 2.45) is 0 Å². The highest BCUT2D eigenvalue weighted by atomic mass is 16.2. The van der Waals surface area contributed by atoms with Crippen LogP contribution in [0, 0.1) is 0 Å². The molecule has 0 aliphatic carbocycles. The Bertz CT molecular complexity index is 573. The maximum Gasteiger partial charge on any atom is 0.319 e. The highest BCUT2D eigenvalue weighted by molar-refractivity contribution is 5.92. The molecule has 2 rings (SSSR count). The molecule has 0 aliphatic heterocycles. The van der Waals surface area contributed by atoms with Crippen molar-refractivity contribution in [2.45, 2.75) is 13.5 Å². The molecule has 5 nitrogen and oxygen atoms in total. The molecule has 0 saturated heterocycles. The van der Waals surface area contributed by atoms with Gasteiger partial charge in [0.1, 0.15) is 0 Å². The van der Waals surface area contributed by atoms with Gasteiger partial charge in [0.25, 0.3) is 0 Å². The Morgan fingerprint density at radius 1 is 1.56 bits per heavy atom. The van der Waals surface area contributed by atoms with Gasteiger partial charge in [-0.15, -0.1) is 6.58 Å². The molecule has 0 unspecified atom stereocenters. The summed E-state index contributed by atoms with van der Waals surface area (Å²) in [7, 11) is 0. The number of rotatable bonds is 4. The number of nitrogens with one attached hydrogen (secondary N) is 2. The number of carbonyl (C=O) groups excluding carboxylic acids is 1. The summed E-state index contributed by atoms with van der Waals surface area (Å²) in [5, 5.41) is 10.8. The van der Waals surface area contributed by atoms with Crippen LogP contribution in [-0.4, -0.2) is 22.4 Å². The highest BCUT2D eigenvalue weighted by Gasteiger charge is 2.04. The molecule has 0 radical (unpaired) electrons. The molecule has 5 heteroatoms. The summed E-state index contributed by atoms with van der Waals surface area (Å²) in [6.45, 7) is 6.82. The van der Waals surface area contributed by atoms with Crippen molar-refractivity contribution in [1.29, 1.82) is 0 Å². The second-order valence-electron chi connectivity index (χ2n) is 3.86. The van der Waals surface area contributed by atoms with Gasteiger partial charge in [0.05, 0.1) is 11.7 Å². The summed E-state index contributed by atoms with van der Waals surface area (Å²) in [6, 6.07) is 5.48. The molecule has 0 fully saturated rings. The third-order valence-electron chi connectivity index (χ3n) is 2.61. The van der Waals surface area contributed by atoms with Crippen LogP contribution < -0.4 is 10.6 Å².